The monoisotopic (exact) mass is 302 g/mol. The lowest BCUT2D eigenvalue weighted by molar-refractivity contribution is -0.384. The van der Waals surface area contributed by atoms with E-state index in [1.807, 2.05) is 0 Å². The van der Waals surface area contributed by atoms with Gasteiger partial charge in [0.05, 0.1) is 17.7 Å². The molecule has 1 aromatic carbocycles. The minimum Gasteiger partial charge on any atom is -0.494 e. The highest BCUT2D eigenvalue weighted by molar-refractivity contribution is 5.74. The number of carbonyl (C=O) groups excluding carboxylic acids is 1. The summed E-state index contributed by atoms with van der Waals surface area (Å²) in [6.07, 6.45) is 3.65. The summed E-state index contributed by atoms with van der Waals surface area (Å²) in [6, 6.07) is 4.26. The van der Waals surface area contributed by atoms with Gasteiger partial charge in [0.25, 0.3) is 5.69 Å². The molecule has 1 aliphatic carbocycles. The van der Waals surface area contributed by atoms with Crippen molar-refractivity contribution in [3.8, 4) is 11.4 Å². The molecule has 0 spiro atoms. The minimum absolute atomic E-state index is 0.0708. The van der Waals surface area contributed by atoms with Crippen molar-refractivity contribution in [3.05, 3.63) is 39.7 Å². The van der Waals surface area contributed by atoms with Gasteiger partial charge in [-0.2, -0.15) is 0 Å². The van der Waals surface area contributed by atoms with Crippen LogP contribution in [0.5, 0.6) is 5.75 Å². The zero-order valence-corrected chi connectivity index (χ0v) is 11.9. The molecule has 1 fully saturated rings. The van der Waals surface area contributed by atoms with Crippen LogP contribution in [0.3, 0.4) is 0 Å². The van der Waals surface area contributed by atoms with E-state index in [4.69, 9.17) is 4.74 Å². The van der Waals surface area contributed by atoms with Gasteiger partial charge < -0.3 is 4.74 Å². The molecule has 1 heterocycles. The van der Waals surface area contributed by atoms with Crippen LogP contribution in [0.15, 0.2) is 18.2 Å². The Labute approximate surface area is 125 Å². The molecule has 0 bridgehead atoms. The molecule has 22 heavy (non-hydrogen) atoms. The zero-order valence-electron chi connectivity index (χ0n) is 11.9. The second-order valence-corrected chi connectivity index (χ2v) is 5.13. The number of hydrogen-bond acceptors (Lipinski definition) is 6. The van der Waals surface area contributed by atoms with Gasteiger partial charge in [0.1, 0.15) is 17.1 Å². The van der Waals surface area contributed by atoms with Crippen molar-refractivity contribution in [2.75, 3.05) is 7.11 Å². The molecule has 0 radical (unpaired) electrons. The summed E-state index contributed by atoms with van der Waals surface area (Å²) in [6.45, 7) is 0. The number of aldehydes is 1. The second-order valence-electron chi connectivity index (χ2n) is 5.13. The van der Waals surface area contributed by atoms with E-state index < -0.39 is 4.92 Å². The molecule has 0 aliphatic heterocycles. The van der Waals surface area contributed by atoms with Crippen LogP contribution in [0.1, 0.15) is 41.4 Å². The van der Waals surface area contributed by atoms with Crippen LogP contribution < -0.4 is 4.74 Å². The molecule has 1 saturated carbocycles. The van der Waals surface area contributed by atoms with E-state index in [0.717, 1.165) is 19.3 Å². The largest absolute Gasteiger partial charge is 0.494 e. The third-order valence-electron chi connectivity index (χ3n) is 3.94. The average molecular weight is 302 g/mol. The van der Waals surface area contributed by atoms with Gasteiger partial charge in [0.15, 0.2) is 6.29 Å². The quantitative estimate of drug-likeness (QED) is 0.477. The Kier molecular flexibility index (Phi) is 3.58. The molecule has 2 aromatic rings. The maximum Gasteiger partial charge on any atom is 0.271 e. The van der Waals surface area contributed by atoms with Gasteiger partial charge in [-0.25, -0.2) is 4.68 Å². The molecule has 114 valence electrons. The SMILES string of the molecule is COc1ccc([N+](=O)[O-])cc1-n1nnc(C=O)c1C1CCC1. The van der Waals surface area contributed by atoms with Crippen LogP contribution in [0, 0.1) is 10.1 Å². The highest BCUT2D eigenvalue weighted by Gasteiger charge is 2.29. The van der Waals surface area contributed by atoms with Crippen molar-refractivity contribution in [2.45, 2.75) is 25.2 Å². The predicted octanol–water partition coefficient (Wildman–Crippen LogP) is 2.26. The van der Waals surface area contributed by atoms with Crippen molar-refractivity contribution < 1.29 is 14.5 Å². The lowest BCUT2D eigenvalue weighted by Gasteiger charge is -2.26. The first-order chi connectivity index (χ1) is 10.7. The van der Waals surface area contributed by atoms with Crippen LogP contribution >= 0.6 is 0 Å². The third-order valence-corrected chi connectivity index (χ3v) is 3.94. The highest BCUT2D eigenvalue weighted by atomic mass is 16.6. The van der Waals surface area contributed by atoms with Crippen molar-refractivity contribution in [3.63, 3.8) is 0 Å². The molecule has 0 unspecified atom stereocenters. The number of nitrogens with zero attached hydrogens (tertiary/aromatic N) is 4. The Bertz CT molecular complexity index is 736. The fourth-order valence-electron chi connectivity index (χ4n) is 2.58. The maximum atomic E-state index is 11.2. The molecule has 1 aromatic heterocycles. The van der Waals surface area contributed by atoms with E-state index in [-0.39, 0.29) is 17.3 Å². The standard InChI is InChI=1S/C14H14N4O4/c1-22-13-6-5-10(18(20)21)7-12(13)17-14(9-3-2-4-9)11(8-19)15-16-17/h5-9H,2-4H2,1H3. The second kappa shape index (κ2) is 5.55. The van der Waals surface area contributed by atoms with E-state index in [9.17, 15) is 14.9 Å². The number of carbonyl (C=O) groups is 1. The Morgan fingerprint density at radius 1 is 1.45 bits per heavy atom. The zero-order chi connectivity index (χ0) is 15.7. The third kappa shape index (κ3) is 2.22. The molecule has 0 atom stereocenters. The van der Waals surface area contributed by atoms with Crippen LogP contribution in [0.4, 0.5) is 5.69 Å². The van der Waals surface area contributed by atoms with E-state index in [1.54, 1.807) is 0 Å². The molecule has 0 amide bonds. The van der Waals surface area contributed by atoms with E-state index >= 15 is 0 Å². The first-order valence-corrected chi connectivity index (χ1v) is 6.89. The van der Waals surface area contributed by atoms with Gasteiger partial charge in [-0.15, -0.1) is 5.10 Å². The van der Waals surface area contributed by atoms with E-state index in [2.05, 4.69) is 10.3 Å². The predicted molar refractivity (Wildman–Crippen MR) is 76.5 cm³/mol. The molecular weight excluding hydrogens is 288 g/mol. The molecule has 8 heteroatoms. The Balaban J connectivity index is 2.18. The lowest BCUT2D eigenvalue weighted by atomic mass is 9.82. The number of ether oxygens (including phenoxy) is 1. The first-order valence-electron chi connectivity index (χ1n) is 6.89. The Hall–Kier alpha value is -2.77. The molecular formula is C14H14N4O4. The van der Waals surface area contributed by atoms with Crippen LogP contribution in [0.2, 0.25) is 0 Å². The highest BCUT2D eigenvalue weighted by Crippen LogP contribution is 2.39. The molecule has 8 nitrogen and oxygen atoms in total. The fourth-order valence-corrected chi connectivity index (χ4v) is 2.58. The first kappa shape index (κ1) is 14.2. The molecule has 0 N–H and O–H groups in total. The summed E-state index contributed by atoms with van der Waals surface area (Å²) in [4.78, 5) is 21.7. The van der Waals surface area contributed by atoms with Gasteiger partial charge in [-0.1, -0.05) is 11.6 Å². The smallest absolute Gasteiger partial charge is 0.271 e. The van der Waals surface area contributed by atoms with Gasteiger partial charge in [-0.3, -0.25) is 14.9 Å². The molecule has 1 aliphatic rings. The number of non-ortho nitro benzene ring substituents is 1. The molecule has 3 rings (SSSR count). The maximum absolute atomic E-state index is 11.2. The number of rotatable bonds is 5. The van der Waals surface area contributed by atoms with Crippen LogP contribution in [0.25, 0.3) is 5.69 Å². The van der Waals surface area contributed by atoms with Crippen LogP contribution in [-0.4, -0.2) is 33.3 Å². The number of nitro groups is 1. The van der Waals surface area contributed by atoms with Crippen molar-refractivity contribution in [1.29, 1.82) is 0 Å². The number of nitro benzene ring substituents is 1. The van der Waals surface area contributed by atoms with Gasteiger partial charge in [0, 0.05) is 18.1 Å². The summed E-state index contributed by atoms with van der Waals surface area (Å²) in [5.41, 5.74) is 1.32. The Morgan fingerprint density at radius 2 is 2.23 bits per heavy atom. The van der Waals surface area contributed by atoms with Crippen molar-refractivity contribution in [1.82, 2.24) is 15.0 Å². The van der Waals surface area contributed by atoms with Gasteiger partial charge >= 0.3 is 0 Å². The average Bonchev–Trinajstić information content (AvgIpc) is 2.88. The van der Waals surface area contributed by atoms with Gasteiger partial charge in [-0.05, 0) is 18.9 Å². The fraction of sp³-hybridized carbons (Fsp3) is 0.357. The van der Waals surface area contributed by atoms with Crippen molar-refractivity contribution >= 4 is 12.0 Å². The normalized spacial score (nSPS) is 14.4. The van der Waals surface area contributed by atoms with Crippen molar-refractivity contribution in [2.24, 2.45) is 0 Å². The summed E-state index contributed by atoms with van der Waals surface area (Å²) in [7, 11) is 1.48. The topological polar surface area (TPSA) is 100 Å². The number of aromatic nitrogens is 3. The summed E-state index contributed by atoms with van der Waals surface area (Å²) in [5, 5.41) is 18.9. The summed E-state index contributed by atoms with van der Waals surface area (Å²) >= 11 is 0. The van der Waals surface area contributed by atoms with Crippen LogP contribution in [-0.2, 0) is 0 Å². The number of benzene rings is 1. The number of hydrogen-bond donors (Lipinski definition) is 0. The Morgan fingerprint density at radius 3 is 2.77 bits per heavy atom. The molecule has 0 saturated heterocycles. The van der Waals surface area contributed by atoms with E-state index in [1.165, 1.54) is 30.0 Å². The summed E-state index contributed by atoms with van der Waals surface area (Å²) in [5.74, 6) is 0.632. The minimum atomic E-state index is -0.483. The van der Waals surface area contributed by atoms with E-state index in [0.29, 0.717) is 23.4 Å². The number of methoxy groups -OCH3 is 1. The summed E-state index contributed by atoms with van der Waals surface area (Å²) < 4.78 is 6.75. The lowest BCUT2D eigenvalue weighted by Crippen LogP contribution is -2.16. The van der Waals surface area contributed by atoms with Gasteiger partial charge in [0.2, 0.25) is 0 Å².